The van der Waals surface area contributed by atoms with E-state index in [-0.39, 0.29) is 18.4 Å². The van der Waals surface area contributed by atoms with Gasteiger partial charge in [-0.25, -0.2) is 9.78 Å². The molecule has 2 aromatic rings. The van der Waals surface area contributed by atoms with Crippen LogP contribution in [0.2, 0.25) is 0 Å². The van der Waals surface area contributed by atoms with Gasteiger partial charge in [0.05, 0.1) is 6.61 Å². The molecule has 0 bridgehead atoms. The van der Waals surface area contributed by atoms with Gasteiger partial charge in [-0.15, -0.1) is 12.4 Å². The van der Waals surface area contributed by atoms with E-state index in [1.54, 1.807) is 17.5 Å². The summed E-state index contributed by atoms with van der Waals surface area (Å²) in [7, 11) is 0. The molecule has 0 unspecified atom stereocenters. The molecule has 2 rings (SSSR count). The van der Waals surface area contributed by atoms with Gasteiger partial charge >= 0.3 is 5.97 Å². The van der Waals surface area contributed by atoms with Crippen LogP contribution in [0, 0.1) is 0 Å². The van der Waals surface area contributed by atoms with Gasteiger partial charge in [-0.05, 0) is 19.1 Å². The number of aromatic nitrogens is 2. The number of imidazole rings is 1. The van der Waals surface area contributed by atoms with E-state index in [4.69, 9.17) is 4.74 Å². The van der Waals surface area contributed by atoms with Crippen molar-refractivity contribution in [2.45, 2.75) is 6.92 Å². The Bertz CT molecular complexity index is 434. The Labute approximate surface area is 93.3 Å². The summed E-state index contributed by atoms with van der Waals surface area (Å²) in [5, 5.41) is 0. The van der Waals surface area contributed by atoms with Crippen molar-refractivity contribution in [2.24, 2.45) is 0 Å². The minimum atomic E-state index is -0.379. The summed E-state index contributed by atoms with van der Waals surface area (Å²) in [6, 6.07) is 5.59. The van der Waals surface area contributed by atoms with Gasteiger partial charge in [-0.2, -0.15) is 0 Å². The van der Waals surface area contributed by atoms with E-state index in [9.17, 15) is 4.79 Å². The monoisotopic (exact) mass is 226 g/mol. The van der Waals surface area contributed by atoms with Crippen molar-refractivity contribution < 1.29 is 9.53 Å². The van der Waals surface area contributed by atoms with Crippen molar-refractivity contribution in [3.05, 3.63) is 36.3 Å². The lowest BCUT2D eigenvalue weighted by atomic mass is 10.5. The Morgan fingerprint density at radius 2 is 2.33 bits per heavy atom. The van der Waals surface area contributed by atoms with Crippen molar-refractivity contribution in [1.29, 1.82) is 0 Å². The van der Waals surface area contributed by atoms with E-state index >= 15 is 0 Å². The molecule has 2 aromatic heterocycles. The van der Waals surface area contributed by atoms with Crippen LogP contribution in [-0.2, 0) is 4.74 Å². The number of hydrogen-bond donors (Lipinski definition) is 0. The summed E-state index contributed by atoms with van der Waals surface area (Å²) in [5.41, 5.74) is 1.09. The number of rotatable bonds is 2. The van der Waals surface area contributed by atoms with E-state index in [0.29, 0.717) is 12.3 Å². The average molecular weight is 227 g/mol. The largest absolute Gasteiger partial charge is 0.461 e. The second kappa shape index (κ2) is 4.79. The van der Waals surface area contributed by atoms with Crippen LogP contribution >= 0.6 is 12.4 Å². The van der Waals surface area contributed by atoms with Crippen LogP contribution in [0.1, 0.15) is 17.4 Å². The van der Waals surface area contributed by atoms with Crippen LogP contribution in [0.5, 0.6) is 0 Å². The van der Waals surface area contributed by atoms with Crippen molar-refractivity contribution in [1.82, 2.24) is 9.38 Å². The molecule has 0 atom stereocenters. The van der Waals surface area contributed by atoms with Gasteiger partial charge in [0.15, 0.2) is 5.69 Å². The molecular formula is C10H11ClN2O2. The lowest BCUT2D eigenvalue weighted by Gasteiger charge is -1.95. The van der Waals surface area contributed by atoms with Crippen LogP contribution < -0.4 is 0 Å². The molecule has 5 heteroatoms. The molecule has 0 fully saturated rings. The number of halogens is 1. The summed E-state index contributed by atoms with van der Waals surface area (Å²) in [4.78, 5) is 15.4. The Morgan fingerprint density at radius 1 is 1.53 bits per heavy atom. The number of hydrogen-bond acceptors (Lipinski definition) is 3. The van der Waals surface area contributed by atoms with E-state index in [1.165, 1.54) is 0 Å². The zero-order valence-electron chi connectivity index (χ0n) is 8.21. The molecule has 0 radical (unpaired) electrons. The Hall–Kier alpha value is -1.55. The number of nitrogens with zero attached hydrogens (tertiary/aromatic N) is 2. The highest BCUT2D eigenvalue weighted by Gasteiger charge is 2.10. The fourth-order valence-corrected chi connectivity index (χ4v) is 1.24. The maximum atomic E-state index is 11.3. The summed E-state index contributed by atoms with van der Waals surface area (Å²) in [6.45, 7) is 2.14. The average Bonchev–Trinajstić information content (AvgIpc) is 2.61. The molecule has 15 heavy (non-hydrogen) atoms. The molecule has 4 nitrogen and oxygen atoms in total. The summed E-state index contributed by atoms with van der Waals surface area (Å²) in [6.07, 6.45) is 3.50. The van der Waals surface area contributed by atoms with Crippen LogP contribution in [0.4, 0.5) is 0 Å². The molecule has 0 aliphatic heterocycles. The number of carbonyl (C=O) groups is 1. The predicted molar refractivity (Wildman–Crippen MR) is 58.4 cm³/mol. The fraction of sp³-hybridized carbons (Fsp3) is 0.200. The highest BCUT2D eigenvalue weighted by molar-refractivity contribution is 5.87. The summed E-state index contributed by atoms with van der Waals surface area (Å²) >= 11 is 0. The highest BCUT2D eigenvalue weighted by atomic mass is 35.5. The molecule has 0 N–H and O–H groups in total. The van der Waals surface area contributed by atoms with Crippen LogP contribution in [0.3, 0.4) is 0 Å². The third-order valence-corrected chi connectivity index (χ3v) is 1.85. The maximum absolute atomic E-state index is 11.3. The molecule has 80 valence electrons. The van der Waals surface area contributed by atoms with E-state index in [1.807, 2.05) is 24.4 Å². The SMILES string of the molecule is CCOC(=O)c1cn2ccccc2n1.Cl. The molecule has 0 spiro atoms. The Kier molecular flexibility index (Phi) is 3.68. The molecule has 0 aliphatic carbocycles. The third kappa shape index (κ3) is 2.27. The molecule has 0 aromatic carbocycles. The number of esters is 1. The first kappa shape index (κ1) is 11.5. The highest BCUT2D eigenvalue weighted by Crippen LogP contribution is 2.05. The number of carbonyl (C=O) groups excluding carboxylic acids is 1. The normalized spacial score (nSPS) is 9.67. The van der Waals surface area contributed by atoms with E-state index in [0.717, 1.165) is 5.65 Å². The first-order chi connectivity index (χ1) is 6.81. The van der Waals surface area contributed by atoms with Crippen molar-refractivity contribution >= 4 is 24.0 Å². The zero-order chi connectivity index (χ0) is 9.97. The van der Waals surface area contributed by atoms with Crippen LogP contribution in [0.25, 0.3) is 5.65 Å². The molecule has 0 amide bonds. The second-order valence-electron chi connectivity index (χ2n) is 2.81. The van der Waals surface area contributed by atoms with E-state index in [2.05, 4.69) is 4.98 Å². The maximum Gasteiger partial charge on any atom is 0.358 e. The van der Waals surface area contributed by atoms with Crippen LogP contribution in [-0.4, -0.2) is 22.0 Å². The topological polar surface area (TPSA) is 43.6 Å². The van der Waals surface area contributed by atoms with Gasteiger partial charge in [-0.3, -0.25) is 0 Å². The zero-order valence-corrected chi connectivity index (χ0v) is 9.03. The van der Waals surface area contributed by atoms with Gasteiger partial charge in [0.1, 0.15) is 5.65 Å². The molecule has 0 saturated carbocycles. The summed E-state index contributed by atoms with van der Waals surface area (Å²) < 4.78 is 6.63. The second-order valence-corrected chi connectivity index (χ2v) is 2.81. The van der Waals surface area contributed by atoms with Gasteiger partial charge in [-0.1, -0.05) is 6.07 Å². The predicted octanol–water partition coefficient (Wildman–Crippen LogP) is 1.93. The number of pyridine rings is 1. The Morgan fingerprint density at radius 3 is 3.00 bits per heavy atom. The molecule has 2 heterocycles. The number of fused-ring (bicyclic) bond motifs is 1. The first-order valence-corrected chi connectivity index (χ1v) is 4.42. The minimum Gasteiger partial charge on any atom is -0.461 e. The molecular weight excluding hydrogens is 216 g/mol. The lowest BCUT2D eigenvalue weighted by molar-refractivity contribution is 0.0520. The molecule has 0 aliphatic rings. The van der Waals surface area contributed by atoms with Gasteiger partial charge < -0.3 is 9.14 Å². The number of ether oxygens (including phenoxy) is 1. The van der Waals surface area contributed by atoms with E-state index < -0.39 is 0 Å². The first-order valence-electron chi connectivity index (χ1n) is 4.42. The standard InChI is InChI=1S/C10H10N2O2.ClH/c1-2-14-10(13)8-7-12-6-4-3-5-9(12)11-8;/h3-7H,2H2,1H3;1H. The van der Waals surface area contributed by atoms with Crippen molar-refractivity contribution in [2.75, 3.05) is 6.61 Å². The Balaban J connectivity index is 0.00000112. The smallest absolute Gasteiger partial charge is 0.358 e. The molecule has 0 saturated heterocycles. The third-order valence-electron chi connectivity index (χ3n) is 1.85. The minimum absolute atomic E-state index is 0. The van der Waals surface area contributed by atoms with Crippen molar-refractivity contribution in [3.63, 3.8) is 0 Å². The quantitative estimate of drug-likeness (QED) is 0.735. The van der Waals surface area contributed by atoms with Crippen molar-refractivity contribution in [3.8, 4) is 0 Å². The van der Waals surface area contributed by atoms with Gasteiger partial charge in [0.25, 0.3) is 0 Å². The lowest BCUT2D eigenvalue weighted by Crippen LogP contribution is -2.04. The summed E-state index contributed by atoms with van der Waals surface area (Å²) in [5.74, 6) is -0.379. The fourth-order valence-electron chi connectivity index (χ4n) is 1.24. The van der Waals surface area contributed by atoms with Gasteiger partial charge in [0, 0.05) is 12.4 Å². The van der Waals surface area contributed by atoms with Crippen LogP contribution in [0.15, 0.2) is 30.6 Å². The van der Waals surface area contributed by atoms with Gasteiger partial charge in [0.2, 0.25) is 0 Å².